The molecule has 1 amide bonds. The zero-order valence-corrected chi connectivity index (χ0v) is 13.3. The highest BCUT2D eigenvalue weighted by molar-refractivity contribution is 6.05. The highest BCUT2D eigenvalue weighted by atomic mass is 16.1. The maximum absolute atomic E-state index is 12.3. The normalized spacial score (nSPS) is 17.9. The fraction of sp³-hybridized carbons (Fsp3) is 0.278. The molecule has 4 N–H and O–H groups in total. The number of rotatable bonds is 4. The van der Waals surface area contributed by atoms with E-state index in [0.29, 0.717) is 23.0 Å². The largest absolute Gasteiger partial charge is 0.397 e. The first-order valence-corrected chi connectivity index (χ1v) is 7.83. The molecule has 2 aromatic carbocycles. The van der Waals surface area contributed by atoms with Crippen molar-refractivity contribution in [1.82, 2.24) is 4.90 Å². The van der Waals surface area contributed by atoms with Crippen molar-refractivity contribution in [3.63, 3.8) is 0 Å². The average Bonchev–Trinajstić information content (AvgIpc) is 2.95. The monoisotopic (exact) mass is 310 g/mol. The molecule has 1 unspecified atom stereocenters. The van der Waals surface area contributed by atoms with E-state index in [9.17, 15) is 4.79 Å². The van der Waals surface area contributed by atoms with Crippen LogP contribution < -0.4 is 16.4 Å². The summed E-state index contributed by atoms with van der Waals surface area (Å²) >= 11 is 0. The molecule has 0 saturated carbocycles. The van der Waals surface area contributed by atoms with E-state index in [-0.39, 0.29) is 5.91 Å². The summed E-state index contributed by atoms with van der Waals surface area (Å²) < 4.78 is 0. The molecule has 0 bridgehead atoms. The number of hydrogen-bond donors (Lipinski definition) is 3. The van der Waals surface area contributed by atoms with E-state index in [1.807, 2.05) is 36.4 Å². The lowest BCUT2D eigenvalue weighted by Crippen LogP contribution is -2.23. The van der Waals surface area contributed by atoms with Crippen LogP contribution in [0.15, 0.2) is 48.5 Å². The molecular formula is C18H22N4O. The van der Waals surface area contributed by atoms with E-state index >= 15 is 0 Å². The van der Waals surface area contributed by atoms with Gasteiger partial charge in [-0.25, -0.2) is 0 Å². The third-order valence-corrected chi connectivity index (χ3v) is 4.12. The molecular weight excluding hydrogens is 288 g/mol. The third-order valence-electron chi connectivity index (χ3n) is 4.12. The van der Waals surface area contributed by atoms with Crippen molar-refractivity contribution in [3.05, 3.63) is 54.1 Å². The van der Waals surface area contributed by atoms with Gasteiger partial charge in [-0.05, 0) is 56.4 Å². The Balaban J connectivity index is 1.62. The van der Waals surface area contributed by atoms with E-state index in [2.05, 4.69) is 22.6 Å². The van der Waals surface area contributed by atoms with Crippen LogP contribution in [0.3, 0.4) is 0 Å². The van der Waals surface area contributed by atoms with Crippen molar-refractivity contribution in [2.24, 2.45) is 0 Å². The van der Waals surface area contributed by atoms with Gasteiger partial charge in [-0.15, -0.1) is 0 Å². The predicted molar refractivity (Wildman–Crippen MR) is 94.8 cm³/mol. The number of benzene rings is 2. The summed E-state index contributed by atoms with van der Waals surface area (Å²) in [5, 5.41) is 6.34. The lowest BCUT2D eigenvalue weighted by molar-refractivity contribution is 0.102. The van der Waals surface area contributed by atoms with Crippen LogP contribution in [0.2, 0.25) is 0 Å². The summed E-state index contributed by atoms with van der Waals surface area (Å²) in [6.07, 6.45) is 1.14. The number of para-hydroxylation sites is 2. The van der Waals surface area contributed by atoms with E-state index < -0.39 is 0 Å². The minimum atomic E-state index is -0.157. The summed E-state index contributed by atoms with van der Waals surface area (Å²) in [5.74, 6) is -0.157. The molecule has 0 aromatic heterocycles. The van der Waals surface area contributed by atoms with Crippen LogP contribution in [0.25, 0.3) is 0 Å². The van der Waals surface area contributed by atoms with Crippen molar-refractivity contribution in [1.29, 1.82) is 0 Å². The SMILES string of the molecule is CN1CCC(Nc2ccc(C(=O)Nc3ccccc3N)cc2)C1. The first-order valence-electron chi connectivity index (χ1n) is 7.83. The van der Waals surface area contributed by atoms with Crippen molar-refractivity contribution in [3.8, 4) is 0 Å². The van der Waals surface area contributed by atoms with Crippen molar-refractivity contribution >= 4 is 23.0 Å². The average molecular weight is 310 g/mol. The molecule has 1 aliphatic rings. The Kier molecular flexibility index (Phi) is 4.48. The van der Waals surface area contributed by atoms with Crippen LogP contribution in [0.4, 0.5) is 17.1 Å². The second kappa shape index (κ2) is 6.71. The highest BCUT2D eigenvalue weighted by Crippen LogP contribution is 2.19. The molecule has 1 aliphatic heterocycles. The first kappa shape index (κ1) is 15.4. The Morgan fingerprint density at radius 2 is 1.91 bits per heavy atom. The number of nitrogens with one attached hydrogen (secondary N) is 2. The lowest BCUT2D eigenvalue weighted by Gasteiger charge is -2.14. The Hall–Kier alpha value is -2.53. The number of nitrogens with two attached hydrogens (primary N) is 1. The molecule has 5 heteroatoms. The minimum Gasteiger partial charge on any atom is -0.397 e. The summed E-state index contributed by atoms with van der Waals surface area (Å²) in [6.45, 7) is 2.17. The molecule has 0 spiro atoms. The van der Waals surface area contributed by atoms with Crippen LogP contribution in [-0.4, -0.2) is 37.0 Å². The lowest BCUT2D eigenvalue weighted by atomic mass is 10.1. The van der Waals surface area contributed by atoms with Gasteiger partial charge in [0.25, 0.3) is 5.91 Å². The van der Waals surface area contributed by atoms with Crippen LogP contribution in [0.5, 0.6) is 0 Å². The maximum Gasteiger partial charge on any atom is 0.255 e. The van der Waals surface area contributed by atoms with Crippen LogP contribution in [-0.2, 0) is 0 Å². The third kappa shape index (κ3) is 3.81. The fourth-order valence-electron chi connectivity index (χ4n) is 2.81. The molecule has 1 saturated heterocycles. The molecule has 0 radical (unpaired) electrons. The smallest absolute Gasteiger partial charge is 0.255 e. The molecule has 0 aliphatic carbocycles. The molecule has 23 heavy (non-hydrogen) atoms. The number of carbonyl (C=O) groups is 1. The second-order valence-electron chi connectivity index (χ2n) is 6.01. The number of hydrogen-bond acceptors (Lipinski definition) is 4. The van der Waals surface area contributed by atoms with Crippen molar-refractivity contribution in [2.75, 3.05) is 36.5 Å². The number of carbonyl (C=O) groups excluding carboxylic acids is 1. The first-order chi connectivity index (χ1) is 11.1. The number of amides is 1. The molecule has 1 atom stereocenters. The van der Waals surface area contributed by atoms with E-state index in [1.54, 1.807) is 12.1 Å². The molecule has 1 heterocycles. The Labute approximate surface area is 136 Å². The van der Waals surface area contributed by atoms with Gasteiger partial charge in [0.1, 0.15) is 0 Å². The number of likely N-dealkylation sites (tertiary alicyclic amines) is 1. The van der Waals surface area contributed by atoms with E-state index in [1.165, 1.54) is 0 Å². The van der Waals surface area contributed by atoms with Gasteiger partial charge >= 0.3 is 0 Å². The van der Waals surface area contributed by atoms with Gasteiger partial charge in [0.05, 0.1) is 11.4 Å². The van der Waals surface area contributed by atoms with Gasteiger partial charge in [0.15, 0.2) is 0 Å². The molecule has 120 valence electrons. The zero-order valence-electron chi connectivity index (χ0n) is 13.3. The molecule has 1 fully saturated rings. The van der Waals surface area contributed by atoms with Gasteiger partial charge in [0, 0.05) is 23.8 Å². The van der Waals surface area contributed by atoms with E-state index in [4.69, 9.17) is 5.73 Å². The van der Waals surface area contributed by atoms with Crippen molar-refractivity contribution < 1.29 is 4.79 Å². The quantitative estimate of drug-likeness (QED) is 0.759. The summed E-state index contributed by atoms with van der Waals surface area (Å²) in [7, 11) is 2.13. The van der Waals surface area contributed by atoms with Gasteiger partial charge < -0.3 is 21.3 Å². The molecule has 5 nitrogen and oxygen atoms in total. The number of nitrogen functional groups attached to an aromatic ring is 1. The number of nitrogens with zero attached hydrogens (tertiary/aromatic N) is 1. The summed E-state index contributed by atoms with van der Waals surface area (Å²) in [6, 6.07) is 15.3. The summed E-state index contributed by atoms with van der Waals surface area (Å²) in [5.41, 5.74) is 8.69. The standard InChI is InChI=1S/C18H22N4O/c1-22-11-10-15(12-22)20-14-8-6-13(7-9-14)18(23)21-17-5-3-2-4-16(17)19/h2-9,15,20H,10-12,19H2,1H3,(H,21,23). The van der Waals surface area contributed by atoms with Gasteiger partial charge in [-0.1, -0.05) is 12.1 Å². The zero-order chi connectivity index (χ0) is 16.2. The predicted octanol–water partition coefficient (Wildman–Crippen LogP) is 2.64. The Bertz CT molecular complexity index is 684. The Morgan fingerprint density at radius 3 is 2.57 bits per heavy atom. The van der Waals surface area contributed by atoms with Crippen LogP contribution in [0, 0.1) is 0 Å². The van der Waals surface area contributed by atoms with Gasteiger partial charge in [0.2, 0.25) is 0 Å². The summed E-state index contributed by atoms with van der Waals surface area (Å²) in [4.78, 5) is 14.6. The van der Waals surface area contributed by atoms with Crippen LogP contribution in [0.1, 0.15) is 16.8 Å². The number of anilines is 3. The highest BCUT2D eigenvalue weighted by Gasteiger charge is 2.18. The van der Waals surface area contributed by atoms with Crippen LogP contribution >= 0.6 is 0 Å². The minimum absolute atomic E-state index is 0.157. The van der Waals surface area contributed by atoms with Gasteiger partial charge in [-0.2, -0.15) is 0 Å². The fourth-order valence-corrected chi connectivity index (χ4v) is 2.81. The molecule has 3 rings (SSSR count). The van der Waals surface area contributed by atoms with Gasteiger partial charge in [-0.3, -0.25) is 4.79 Å². The molecule has 2 aromatic rings. The topological polar surface area (TPSA) is 70.4 Å². The maximum atomic E-state index is 12.3. The Morgan fingerprint density at radius 1 is 1.17 bits per heavy atom. The van der Waals surface area contributed by atoms with Crippen molar-refractivity contribution in [2.45, 2.75) is 12.5 Å². The number of likely N-dealkylation sites (N-methyl/N-ethyl adjacent to an activating group) is 1. The second-order valence-corrected chi connectivity index (χ2v) is 6.01. The van der Waals surface area contributed by atoms with E-state index in [0.717, 1.165) is 25.2 Å².